The van der Waals surface area contributed by atoms with Crippen LogP contribution >= 0.6 is 0 Å². The van der Waals surface area contributed by atoms with E-state index in [1.54, 1.807) is 37.3 Å². The van der Waals surface area contributed by atoms with Crippen molar-refractivity contribution in [3.8, 4) is 5.75 Å². The second-order valence-corrected chi connectivity index (χ2v) is 4.90. The SMILES string of the molecule is Cc1ccc(F)cc1OCC(N)(C(N)=O)c1ccccc1. The van der Waals surface area contributed by atoms with Gasteiger partial charge in [0.1, 0.15) is 18.2 Å². The number of ether oxygens (including phenoxy) is 1. The van der Waals surface area contributed by atoms with Crippen LogP contribution in [0.4, 0.5) is 4.39 Å². The third kappa shape index (κ3) is 3.20. The number of carbonyl (C=O) groups is 1. The van der Waals surface area contributed by atoms with Crippen LogP contribution in [-0.2, 0) is 10.3 Å². The molecule has 21 heavy (non-hydrogen) atoms. The maximum absolute atomic E-state index is 13.2. The van der Waals surface area contributed by atoms with Crippen molar-refractivity contribution in [2.45, 2.75) is 12.5 Å². The Morgan fingerprint density at radius 3 is 2.52 bits per heavy atom. The number of carbonyl (C=O) groups excluding carboxylic acids is 1. The van der Waals surface area contributed by atoms with E-state index in [1.807, 2.05) is 6.07 Å². The van der Waals surface area contributed by atoms with Crippen LogP contribution in [0.2, 0.25) is 0 Å². The number of hydrogen-bond donors (Lipinski definition) is 2. The van der Waals surface area contributed by atoms with E-state index < -0.39 is 17.3 Å². The van der Waals surface area contributed by atoms with Gasteiger partial charge in [0.2, 0.25) is 5.91 Å². The van der Waals surface area contributed by atoms with Gasteiger partial charge in [0.15, 0.2) is 5.54 Å². The Labute approximate surface area is 122 Å². The van der Waals surface area contributed by atoms with Crippen LogP contribution in [0.1, 0.15) is 11.1 Å². The van der Waals surface area contributed by atoms with Gasteiger partial charge in [0.25, 0.3) is 0 Å². The monoisotopic (exact) mass is 288 g/mol. The third-order valence-electron chi connectivity index (χ3n) is 3.33. The molecule has 0 aliphatic rings. The first-order valence-corrected chi connectivity index (χ1v) is 6.47. The lowest BCUT2D eigenvalue weighted by Gasteiger charge is -2.26. The quantitative estimate of drug-likeness (QED) is 0.881. The molecule has 2 rings (SSSR count). The van der Waals surface area contributed by atoms with Crippen molar-refractivity contribution in [3.05, 3.63) is 65.5 Å². The lowest BCUT2D eigenvalue weighted by molar-refractivity contribution is -0.124. The number of amides is 1. The molecule has 1 amide bonds. The second kappa shape index (κ2) is 5.93. The molecule has 4 nitrogen and oxygen atoms in total. The van der Waals surface area contributed by atoms with Crippen molar-refractivity contribution in [1.29, 1.82) is 0 Å². The molecule has 2 aromatic carbocycles. The van der Waals surface area contributed by atoms with Crippen LogP contribution in [0.5, 0.6) is 5.75 Å². The summed E-state index contributed by atoms with van der Waals surface area (Å²) in [6.07, 6.45) is 0. The first kappa shape index (κ1) is 15.0. The van der Waals surface area contributed by atoms with E-state index in [4.69, 9.17) is 16.2 Å². The first-order valence-electron chi connectivity index (χ1n) is 6.47. The number of rotatable bonds is 5. The van der Waals surface area contributed by atoms with Gasteiger partial charge in [-0.25, -0.2) is 4.39 Å². The second-order valence-electron chi connectivity index (χ2n) is 4.90. The average Bonchev–Trinajstić information content (AvgIpc) is 2.48. The van der Waals surface area contributed by atoms with Gasteiger partial charge in [-0.05, 0) is 24.1 Å². The molecule has 0 aliphatic carbocycles. The number of halogens is 1. The molecule has 5 heteroatoms. The lowest BCUT2D eigenvalue weighted by atomic mass is 9.91. The standard InChI is InChI=1S/C16H17FN2O2/c1-11-7-8-13(17)9-14(11)21-10-16(19,15(18)20)12-5-3-2-4-6-12/h2-9H,10,19H2,1H3,(H2,18,20). The zero-order chi connectivity index (χ0) is 15.5. The van der Waals surface area contributed by atoms with Gasteiger partial charge in [-0.15, -0.1) is 0 Å². The predicted octanol–water partition coefficient (Wildman–Crippen LogP) is 1.85. The topological polar surface area (TPSA) is 78.3 Å². The molecule has 4 N–H and O–H groups in total. The van der Waals surface area contributed by atoms with Crippen LogP contribution in [0, 0.1) is 12.7 Å². The van der Waals surface area contributed by atoms with Gasteiger partial charge >= 0.3 is 0 Å². The molecule has 0 fully saturated rings. The van der Waals surface area contributed by atoms with E-state index in [2.05, 4.69) is 0 Å². The summed E-state index contributed by atoms with van der Waals surface area (Å²) in [5, 5.41) is 0. The summed E-state index contributed by atoms with van der Waals surface area (Å²) in [7, 11) is 0. The van der Waals surface area contributed by atoms with Crippen LogP contribution in [0.15, 0.2) is 48.5 Å². The Balaban J connectivity index is 2.26. The Hall–Kier alpha value is -2.40. The molecule has 0 aromatic heterocycles. The van der Waals surface area contributed by atoms with Gasteiger partial charge in [0.05, 0.1) is 0 Å². The molecule has 0 spiro atoms. The van der Waals surface area contributed by atoms with E-state index in [1.165, 1.54) is 12.1 Å². The summed E-state index contributed by atoms with van der Waals surface area (Å²) < 4.78 is 18.8. The number of hydrogen-bond acceptors (Lipinski definition) is 3. The summed E-state index contributed by atoms with van der Waals surface area (Å²) in [5.41, 5.74) is 11.3. The van der Waals surface area contributed by atoms with Crippen molar-refractivity contribution in [2.24, 2.45) is 11.5 Å². The third-order valence-corrected chi connectivity index (χ3v) is 3.33. The van der Waals surface area contributed by atoms with Gasteiger partial charge < -0.3 is 16.2 Å². The van der Waals surface area contributed by atoms with E-state index in [-0.39, 0.29) is 6.61 Å². The zero-order valence-electron chi connectivity index (χ0n) is 11.7. The van der Waals surface area contributed by atoms with Gasteiger partial charge in [-0.1, -0.05) is 36.4 Å². The van der Waals surface area contributed by atoms with Crippen LogP contribution in [-0.4, -0.2) is 12.5 Å². The molecule has 1 unspecified atom stereocenters. The minimum atomic E-state index is -1.47. The first-order chi connectivity index (χ1) is 9.93. The van der Waals surface area contributed by atoms with E-state index >= 15 is 0 Å². The predicted molar refractivity (Wildman–Crippen MR) is 78.1 cm³/mol. The van der Waals surface area contributed by atoms with Crippen molar-refractivity contribution < 1.29 is 13.9 Å². The van der Waals surface area contributed by atoms with Crippen molar-refractivity contribution in [3.63, 3.8) is 0 Å². The molecule has 1 atom stereocenters. The minimum absolute atomic E-state index is 0.170. The van der Waals surface area contributed by atoms with Gasteiger partial charge in [-0.3, -0.25) is 4.79 Å². The maximum atomic E-state index is 13.2. The molecular formula is C16H17FN2O2. The van der Waals surface area contributed by atoms with Gasteiger partial charge in [0, 0.05) is 6.07 Å². The summed E-state index contributed by atoms with van der Waals surface area (Å²) in [4.78, 5) is 11.7. The molecule has 0 heterocycles. The lowest BCUT2D eigenvalue weighted by Crippen LogP contribution is -2.53. The van der Waals surface area contributed by atoms with Crippen molar-refractivity contribution in [1.82, 2.24) is 0 Å². The Bertz CT molecular complexity index is 646. The molecule has 0 aliphatic heterocycles. The number of primary amides is 1. The largest absolute Gasteiger partial charge is 0.490 e. The average molecular weight is 288 g/mol. The fourth-order valence-electron chi connectivity index (χ4n) is 1.95. The summed E-state index contributed by atoms with van der Waals surface area (Å²) >= 11 is 0. The highest BCUT2D eigenvalue weighted by Crippen LogP contribution is 2.23. The molecule has 0 saturated heterocycles. The summed E-state index contributed by atoms with van der Waals surface area (Å²) in [6.45, 7) is 1.61. The fourth-order valence-corrected chi connectivity index (χ4v) is 1.95. The highest BCUT2D eigenvalue weighted by molar-refractivity contribution is 5.86. The highest BCUT2D eigenvalue weighted by atomic mass is 19.1. The smallest absolute Gasteiger partial charge is 0.245 e. The Morgan fingerprint density at radius 1 is 1.24 bits per heavy atom. The van der Waals surface area contributed by atoms with E-state index in [9.17, 15) is 9.18 Å². The number of nitrogens with two attached hydrogens (primary N) is 2. The van der Waals surface area contributed by atoms with Crippen molar-refractivity contribution in [2.75, 3.05) is 6.61 Å². The zero-order valence-corrected chi connectivity index (χ0v) is 11.7. The van der Waals surface area contributed by atoms with Crippen LogP contribution in [0.3, 0.4) is 0 Å². The number of aryl methyl sites for hydroxylation is 1. The van der Waals surface area contributed by atoms with E-state index in [0.717, 1.165) is 5.56 Å². The molecule has 110 valence electrons. The molecule has 0 bridgehead atoms. The van der Waals surface area contributed by atoms with Crippen molar-refractivity contribution >= 4 is 5.91 Å². The van der Waals surface area contributed by atoms with E-state index in [0.29, 0.717) is 11.3 Å². The Kier molecular flexibility index (Phi) is 4.23. The molecule has 0 saturated carbocycles. The highest BCUT2D eigenvalue weighted by Gasteiger charge is 2.35. The normalized spacial score (nSPS) is 13.5. The molecule has 0 radical (unpaired) electrons. The fraction of sp³-hybridized carbons (Fsp3) is 0.188. The number of benzene rings is 2. The van der Waals surface area contributed by atoms with Gasteiger partial charge in [-0.2, -0.15) is 0 Å². The summed E-state index contributed by atoms with van der Waals surface area (Å²) in [6, 6.07) is 12.9. The molecular weight excluding hydrogens is 271 g/mol. The minimum Gasteiger partial charge on any atom is -0.490 e. The van der Waals surface area contributed by atoms with Crippen LogP contribution < -0.4 is 16.2 Å². The Morgan fingerprint density at radius 2 is 1.90 bits per heavy atom. The maximum Gasteiger partial charge on any atom is 0.245 e. The summed E-state index contributed by atoms with van der Waals surface area (Å²) in [5.74, 6) is -0.790. The molecule has 2 aromatic rings. The van der Waals surface area contributed by atoms with Crippen LogP contribution in [0.25, 0.3) is 0 Å².